The molecule has 0 aromatic carbocycles. The number of carbonyl (C=O) groups is 2. The predicted molar refractivity (Wildman–Crippen MR) is 87.0 cm³/mol. The van der Waals surface area contributed by atoms with Crippen molar-refractivity contribution in [3.63, 3.8) is 0 Å². The Hall–Kier alpha value is -2.57. The molecule has 0 bridgehead atoms. The molecule has 0 aliphatic carbocycles. The van der Waals surface area contributed by atoms with Crippen LogP contribution in [0.5, 0.6) is 0 Å². The molecule has 0 spiro atoms. The lowest BCUT2D eigenvalue weighted by Gasteiger charge is -2.33. The van der Waals surface area contributed by atoms with Gasteiger partial charge >= 0.3 is 0 Å². The van der Waals surface area contributed by atoms with Crippen molar-refractivity contribution in [1.29, 1.82) is 0 Å². The van der Waals surface area contributed by atoms with Crippen molar-refractivity contribution in [3.05, 3.63) is 42.1 Å². The van der Waals surface area contributed by atoms with Gasteiger partial charge in [-0.25, -0.2) is 0 Å². The lowest BCUT2D eigenvalue weighted by molar-refractivity contribution is -0.136. The summed E-state index contributed by atoms with van der Waals surface area (Å²) in [6.45, 7) is 1.63. The highest BCUT2D eigenvalue weighted by Crippen LogP contribution is 2.21. The van der Waals surface area contributed by atoms with Crippen LogP contribution in [-0.2, 0) is 18.4 Å². The van der Waals surface area contributed by atoms with Crippen LogP contribution in [0.25, 0.3) is 0 Å². The molecule has 1 fully saturated rings. The quantitative estimate of drug-likeness (QED) is 0.852. The summed E-state index contributed by atoms with van der Waals surface area (Å²) in [7, 11) is 3.65. The van der Waals surface area contributed by atoms with Gasteiger partial charge in [-0.15, -0.1) is 0 Å². The number of nitrogens with zero attached hydrogens (tertiary/aromatic N) is 4. The van der Waals surface area contributed by atoms with E-state index in [1.54, 1.807) is 39.9 Å². The summed E-state index contributed by atoms with van der Waals surface area (Å²) in [4.78, 5) is 28.5. The average molecular weight is 330 g/mol. The highest BCUT2D eigenvalue weighted by molar-refractivity contribution is 5.92. The monoisotopic (exact) mass is 330 g/mol. The number of hydrogen-bond donors (Lipinski definition) is 0. The molecule has 2 amide bonds. The van der Waals surface area contributed by atoms with Crippen LogP contribution in [0.15, 0.2) is 35.2 Å². The van der Waals surface area contributed by atoms with E-state index in [1.165, 1.54) is 6.26 Å². The number of carbonyl (C=O) groups excluding carboxylic acids is 2. The summed E-state index contributed by atoms with van der Waals surface area (Å²) >= 11 is 0. The lowest BCUT2D eigenvalue weighted by atomic mass is 9.96. The number of piperidine rings is 1. The average Bonchev–Trinajstić information content (AvgIpc) is 3.25. The maximum Gasteiger partial charge on any atom is 0.289 e. The number of rotatable bonds is 4. The highest BCUT2D eigenvalue weighted by atomic mass is 16.3. The van der Waals surface area contributed by atoms with Gasteiger partial charge in [-0.1, -0.05) is 0 Å². The van der Waals surface area contributed by atoms with Crippen LogP contribution in [0, 0.1) is 5.92 Å². The minimum absolute atomic E-state index is 0.0656. The molecule has 3 rings (SSSR count). The van der Waals surface area contributed by atoms with E-state index in [0.717, 1.165) is 18.4 Å². The number of aromatic nitrogens is 2. The van der Waals surface area contributed by atoms with E-state index in [9.17, 15) is 9.59 Å². The first-order chi connectivity index (χ1) is 11.5. The second kappa shape index (κ2) is 6.90. The second-order valence-corrected chi connectivity index (χ2v) is 6.28. The Balaban J connectivity index is 1.61. The Labute approximate surface area is 140 Å². The van der Waals surface area contributed by atoms with E-state index >= 15 is 0 Å². The molecule has 2 aromatic heterocycles. The Kier molecular flexibility index (Phi) is 4.69. The van der Waals surface area contributed by atoms with Gasteiger partial charge in [0.25, 0.3) is 5.91 Å². The summed E-state index contributed by atoms with van der Waals surface area (Å²) in [5.41, 5.74) is 0.993. The van der Waals surface area contributed by atoms with E-state index in [4.69, 9.17) is 4.42 Å². The topological polar surface area (TPSA) is 71.6 Å². The number of aryl methyl sites for hydroxylation is 1. The third-order valence-corrected chi connectivity index (χ3v) is 4.34. The molecule has 0 N–H and O–H groups in total. The first kappa shape index (κ1) is 16.3. The Morgan fingerprint density at radius 1 is 1.46 bits per heavy atom. The first-order valence-electron chi connectivity index (χ1n) is 8.10. The maximum atomic E-state index is 12.7. The molecule has 1 aliphatic rings. The van der Waals surface area contributed by atoms with Crippen molar-refractivity contribution in [2.24, 2.45) is 13.0 Å². The smallest absolute Gasteiger partial charge is 0.289 e. The van der Waals surface area contributed by atoms with Gasteiger partial charge in [0, 0.05) is 45.5 Å². The minimum Gasteiger partial charge on any atom is -0.459 e. The highest BCUT2D eigenvalue weighted by Gasteiger charge is 2.31. The summed E-state index contributed by atoms with van der Waals surface area (Å²) in [6.07, 6.45) is 6.78. The zero-order chi connectivity index (χ0) is 17.1. The molecule has 7 heteroatoms. The number of furan rings is 1. The summed E-state index contributed by atoms with van der Waals surface area (Å²) < 4.78 is 6.90. The molecule has 0 saturated carbocycles. The third kappa shape index (κ3) is 3.50. The van der Waals surface area contributed by atoms with Crippen molar-refractivity contribution in [2.75, 3.05) is 20.1 Å². The molecular weight excluding hydrogens is 308 g/mol. The van der Waals surface area contributed by atoms with Gasteiger partial charge in [0.05, 0.1) is 18.4 Å². The molecule has 1 atom stereocenters. The van der Waals surface area contributed by atoms with Crippen LogP contribution >= 0.6 is 0 Å². The Morgan fingerprint density at radius 3 is 2.96 bits per heavy atom. The zero-order valence-corrected chi connectivity index (χ0v) is 14.0. The molecule has 1 saturated heterocycles. The van der Waals surface area contributed by atoms with Crippen LogP contribution < -0.4 is 0 Å². The Bertz CT molecular complexity index is 707. The molecule has 128 valence electrons. The van der Waals surface area contributed by atoms with E-state index in [0.29, 0.717) is 25.4 Å². The van der Waals surface area contributed by atoms with Gasteiger partial charge in [-0.3, -0.25) is 14.3 Å². The molecule has 1 aliphatic heterocycles. The SMILES string of the molecule is CN(Cc1cnn(C)c1)C(=O)[C@@H]1CCCN(C(=O)c2ccco2)C1. The summed E-state index contributed by atoms with van der Waals surface area (Å²) in [5.74, 6) is 0.0781. The van der Waals surface area contributed by atoms with Crippen LogP contribution in [0.2, 0.25) is 0 Å². The third-order valence-electron chi connectivity index (χ3n) is 4.34. The van der Waals surface area contributed by atoms with Gasteiger partial charge in [0.1, 0.15) is 0 Å². The molecule has 0 unspecified atom stereocenters. The largest absolute Gasteiger partial charge is 0.459 e. The van der Waals surface area contributed by atoms with Crippen LogP contribution in [-0.4, -0.2) is 51.5 Å². The predicted octanol–water partition coefficient (Wildman–Crippen LogP) is 1.52. The number of amides is 2. The molecule has 24 heavy (non-hydrogen) atoms. The normalized spacial score (nSPS) is 17.8. The standard InChI is InChI=1S/C17H22N4O3/c1-19(10-13-9-18-20(2)11-13)16(22)14-5-3-7-21(12-14)17(23)15-6-4-8-24-15/h4,6,8-9,11,14H,3,5,7,10,12H2,1-2H3/t14-/m1/s1. The fraction of sp³-hybridized carbons (Fsp3) is 0.471. The number of likely N-dealkylation sites (tertiary alicyclic amines) is 1. The van der Waals surface area contributed by atoms with Gasteiger partial charge in [-0.2, -0.15) is 5.10 Å². The van der Waals surface area contributed by atoms with Gasteiger partial charge in [-0.05, 0) is 25.0 Å². The number of hydrogen-bond acceptors (Lipinski definition) is 4. The molecule has 2 aromatic rings. The van der Waals surface area contributed by atoms with E-state index in [-0.39, 0.29) is 17.7 Å². The van der Waals surface area contributed by atoms with Crippen LogP contribution in [0.3, 0.4) is 0 Å². The summed E-state index contributed by atoms with van der Waals surface area (Å²) in [6, 6.07) is 3.35. The fourth-order valence-corrected chi connectivity index (χ4v) is 3.14. The van der Waals surface area contributed by atoms with Gasteiger partial charge < -0.3 is 14.2 Å². The molecule has 7 nitrogen and oxygen atoms in total. The van der Waals surface area contributed by atoms with E-state index < -0.39 is 0 Å². The maximum absolute atomic E-state index is 12.7. The molecule has 3 heterocycles. The zero-order valence-electron chi connectivity index (χ0n) is 14.0. The fourth-order valence-electron chi connectivity index (χ4n) is 3.14. The lowest BCUT2D eigenvalue weighted by Crippen LogP contribution is -2.45. The van der Waals surface area contributed by atoms with Crippen molar-refractivity contribution < 1.29 is 14.0 Å². The van der Waals surface area contributed by atoms with Crippen molar-refractivity contribution in [1.82, 2.24) is 19.6 Å². The second-order valence-electron chi connectivity index (χ2n) is 6.28. The summed E-state index contributed by atoms with van der Waals surface area (Å²) in [5, 5.41) is 4.12. The van der Waals surface area contributed by atoms with Gasteiger partial charge in [0.15, 0.2) is 5.76 Å². The molecule has 0 radical (unpaired) electrons. The van der Waals surface area contributed by atoms with E-state index in [2.05, 4.69) is 5.10 Å². The van der Waals surface area contributed by atoms with Crippen LogP contribution in [0.1, 0.15) is 29.0 Å². The van der Waals surface area contributed by atoms with Crippen molar-refractivity contribution in [2.45, 2.75) is 19.4 Å². The minimum atomic E-state index is -0.167. The van der Waals surface area contributed by atoms with E-state index in [1.807, 2.05) is 13.2 Å². The Morgan fingerprint density at radius 2 is 2.29 bits per heavy atom. The first-order valence-corrected chi connectivity index (χ1v) is 8.10. The van der Waals surface area contributed by atoms with Crippen molar-refractivity contribution >= 4 is 11.8 Å². The van der Waals surface area contributed by atoms with Gasteiger partial charge in [0.2, 0.25) is 5.91 Å². The van der Waals surface area contributed by atoms with Crippen molar-refractivity contribution in [3.8, 4) is 0 Å². The molecular formula is C17H22N4O3. The van der Waals surface area contributed by atoms with Crippen LogP contribution in [0.4, 0.5) is 0 Å².